The molecule has 2 amide bonds. The second-order valence-electron chi connectivity index (χ2n) is 5.39. The Bertz CT molecular complexity index is 538. The van der Waals surface area contributed by atoms with Crippen molar-refractivity contribution in [1.82, 2.24) is 10.2 Å². The molecule has 1 aromatic carbocycles. The number of para-hydroxylation sites is 1. The highest BCUT2D eigenvalue weighted by Gasteiger charge is 2.33. The van der Waals surface area contributed by atoms with E-state index in [1.807, 2.05) is 24.3 Å². The summed E-state index contributed by atoms with van der Waals surface area (Å²) in [4.78, 5) is 27.2. The topological polar surface area (TPSA) is 52.6 Å². The summed E-state index contributed by atoms with van der Waals surface area (Å²) in [7, 11) is 1.67. The van der Waals surface area contributed by atoms with Crippen LogP contribution in [0.25, 0.3) is 0 Å². The van der Waals surface area contributed by atoms with Gasteiger partial charge in [-0.25, -0.2) is 0 Å². The van der Waals surface area contributed by atoms with Crippen molar-refractivity contribution in [2.24, 2.45) is 0 Å². The molecule has 3 rings (SSSR count). The number of nitrogens with zero attached hydrogens (tertiary/aromatic N) is 2. The molecular formula is C15H19N3O2. The van der Waals surface area contributed by atoms with E-state index in [-0.39, 0.29) is 6.04 Å². The molecule has 1 aromatic rings. The first kappa shape index (κ1) is 13.1. The van der Waals surface area contributed by atoms with Gasteiger partial charge >= 0.3 is 11.8 Å². The molecule has 20 heavy (non-hydrogen) atoms. The number of amides is 2. The first-order chi connectivity index (χ1) is 9.68. The largest absolute Gasteiger partial charge is 0.336 e. The van der Waals surface area contributed by atoms with Crippen LogP contribution in [-0.2, 0) is 9.59 Å². The van der Waals surface area contributed by atoms with E-state index in [1.54, 1.807) is 11.9 Å². The first-order valence-corrected chi connectivity index (χ1v) is 7.08. The van der Waals surface area contributed by atoms with Crippen molar-refractivity contribution in [1.29, 1.82) is 0 Å². The van der Waals surface area contributed by atoms with Crippen molar-refractivity contribution in [3.8, 4) is 0 Å². The summed E-state index contributed by atoms with van der Waals surface area (Å²) >= 11 is 0. The van der Waals surface area contributed by atoms with Gasteiger partial charge in [-0.05, 0) is 31.0 Å². The van der Waals surface area contributed by atoms with Crippen LogP contribution in [0.4, 0.5) is 5.69 Å². The number of nitrogens with one attached hydrogen (secondary N) is 1. The van der Waals surface area contributed by atoms with Crippen molar-refractivity contribution in [3.63, 3.8) is 0 Å². The number of likely N-dealkylation sites (N-methyl/N-ethyl adjacent to an activating group) is 1. The van der Waals surface area contributed by atoms with Gasteiger partial charge in [-0.15, -0.1) is 0 Å². The van der Waals surface area contributed by atoms with Crippen molar-refractivity contribution >= 4 is 17.5 Å². The fraction of sp³-hybridized carbons (Fsp3) is 0.467. The van der Waals surface area contributed by atoms with Crippen LogP contribution in [0, 0.1) is 0 Å². The van der Waals surface area contributed by atoms with Gasteiger partial charge in [0.25, 0.3) is 0 Å². The highest BCUT2D eigenvalue weighted by atomic mass is 16.2. The number of benzene rings is 1. The lowest BCUT2D eigenvalue weighted by Gasteiger charge is -2.33. The molecule has 0 radical (unpaired) electrons. The third kappa shape index (κ3) is 2.18. The third-order valence-corrected chi connectivity index (χ3v) is 4.10. The number of carbonyl (C=O) groups excluding carboxylic acids is 2. The number of rotatable bonds is 2. The van der Waals surface area contributed by atoms with Gasteiger partial charge in [0.2, 0.25) is 0 Å². The van der Waals surface area contributed by atoms with Gasteiger partial charge in [-0.2, -0.15) is 0 Å². The Balaban J connectivity index is 1.93. The normalized spacial score (nSPS) is 23.6. The van der Waals surface area contributed by atoms with Crippen molar-refractivity contribution in [2.45, 2.75) is 18.9 Å². The first-order valence-electron chi connectivity index (χ1n) is 7.08. The van der Waals surface area contributed by atoms with Crippen LogP contribution in [0.1, 0.15) is 24.4 Å². The van der Waals surface area contributed by atoms with Gasteiger partial charge in [0.15, 0.2) is 0 Å². The number of hydrogen-bond donors (Lipinski definition) is 1. The van der Waals surface area contributed by atoms with E-state index in [1.165, 1.54) is 4.90 Å². The number of carbonyl (C=O) groups is 2. The average Bonchev–Trinajstić information content (AvgIpc) is 2.99. The molecule has 2 aliphatic rings. The quantitative estimate of drug-likeness (QED) is 0.815. The summed E-state index contributed by atoms with van der Waals surface area (Å²) in [5.41, 5.74) is 1.99. The summed E-state index contributed by atoms with van der Waals surface area (Å²) in [6, 6.07) is 8.18. The Morgan fingerprint density at radius 3 is 2.70 bits per heavy atom. The molecule has 1 unspecified atom stereocenters. The molecule has 1 atom stereocenters. The summed E-state index contributed by atoms with van der Waals surface area (Å²) in [6.45, 7) is 2.15. The fourth-order valence-electron chi connectivity index (χ4n) is 2.94. The summed E-state index contributed by atoms with van der Waals surface area (Å²) in [5.74, 6) is -0.852. The molecule has 5 nitrogen and oxygen atoms in total. The maximum absolute atomic E-state index is 12.2. The molecule has 0 saturated carbocycles. The molecule has 1 N–H and O–H groups in total. The van der Waals surface area contributed by atoms with Gasteiger partial charge in [0.05, 0.1) is 0 Å². The Hall–Kier alpha value is -1.88. The molecule has 0 aromatic heterocycles. The minimum atomic E-state index is -0.427. The second-order valence-corrected chi connectivity index (χ2v) is 5.39. The SMILES string of the molecule is CN1CCN(c2ccccc2C2CCCN2)C(=O)C1=O. The number of anilines is 1. The highest BCUT2D eigenvalue weighted by Crippen LogP contribution is 2.32. The zero-order valence-corrected chi connectivity index (χ0v) is 11.6. The van der Waals surface area contributed by atoms with Crippen molar-refractivity contribution in [2.75, 3.05) is 31.6 Å². The van der Waals surface area contributed by atoms with Crippen LogP contribution in [0.3, 0.4) is 0 Å². The summed E-state index contributed by atoms with van der Waals surface area (Å²) in [6.07, 6.45) is 2.22. The van der Waals surface area contributed by atoms with Gasteiger partial charge in [0, 0.05) is 31.9 Å². The monoisotopic (exact) mass is 273 g/mol. The minimum Gasteiger partial charge on any atom is -0.336 e. The van der Waals surface area contributed by atoms with E-state index >= 15 is 0 Å². The van der Waals surface area contributed by atoms with E-state index in [0.29, 0.717) is 13.1 Å². The Labute approximate surface area is 118 Å². The lowest BCUT2D eigenvalue weighted by atomic mass is 10.0. The predicted molar refractivity (Wildman–Crippen MR) is 76.4 cm³/mol. The average molecular weight is 273 g/mol. The van der Waals surface area contributed by atoms with Crippen molar-refractivity contribution < 1.29 is 9.59 Å². The standard InChI is InChI=1S/C15H19N3O2/c1-17-9-10-18(15(20)14(17)19)13-7-3-2-5-11(13)12-6-4-8-16-12/h2-3,5,7,12,16H,4,6,8-10H2,1H3. The van der Waals surface area contributed by atoms with Gasteiger partial charge in [0.1, 0.15) is 0 Å². The number of piperazine rings is 1. The van der Waals surface area contributed by atoms with E-state index < -0.39 is 11.8 Å². The molecule has 5 heteroatoms. The Kier molecular flexibility index (Phi) is 3.44. The molecule has 106 valence electrons. The molecule has 0 spiro atoms. The lowest BCUT2D eigenvalue weighted by Crippen LogP contribution is -2.53. The number of hydrogen-bond acceptors (Lipinski definition) is 3. The van der Waals surface area contributed by atoms with E-state index in [9.17, 15) is 9.59 Å². The highest BCUT2D eigenvalue weighted by molar-refractivity contribution is 6.41. The molecule has 2 fully saturated rings. The fourth-order valence-corrected chi connectivity index (χ4v) is 2.94. The minimum absolute atomic E-state index is 0.286. The van der Waals surface area contributed by atoms with Crippen LogP contribution in [0.15, 0.2) is 24.3 Å². The van der Waals surface area contributed by atoms with Crippen LogP contribution in [-0.4, -0.2) is 43.4 Å². The smallest absolute Gasteiger partial charge is 0.316 e. The maximum Gasteiger partial charge on any atom is 0.316 e. The van der Waals surface area contributed by atoms with Gasteiger partial charge < -0.3 is 15.1 Å². The molecule has 2 saturated heterocycles. The van der Waals surface area contributed by atoms with E-state index in [0.717, 1.165) is 30.6 Å². The van der Waals surface area contributed by atoms with Crippen LogP contribution >= 0.6 is 0 Å². The molecule has 2 aliphatic heterocycles. The van der Waals surface area contributed by atoms with Crippen LogP contribution in [0.5, 0.6) is 0 Å². The zero-order valence-electron chi connectivity index (χ0n) is 11.6. The third-order valence-electron chi connectivity index (χ3n) is 4.10. The van der Waals surface area contributed by atoms with Crippen molar-refractivity contribution in [3.05, 3.63) is 29.8 Å². The van der Waals surface area contributed by atoms with Crippen LogP contribution < -0.4 is 10.2 Å². The Morgan fingerprint density at radius 2 is 1.95 bits per heavy atom. The molecule has 0 aliphatic carbocycles. The summed E-state index contributed by atoms with van der Waals surface area (Å²) < 4.78 is 0. The van der Waals surface area contributed by atoms with Gasteiger partial charge in [-0.1, -0.05) is 18.2 Å². The maximum atomic E-state index is 12.2. The Morgan fingerprint density at radius 1 is 1.15 bits per heavy atom. The van der Waals surface area contributed by atoms with E-state index in [4.69, 9.17) is 0 Å². The molecule has 2 heterocycles. The van der Waals surface area contributed by atoms with Crippen LogP contribution in [0.2, 0.25) is 0 Å². The molecular weight excluding hydrogens is 254 g/mol. The molecule has 0 bridgehead atoms. The predicted octanol–water partition coefficient (Wildman–Crippen LogP) is 0.916. The summed E-state index contributed by atoms with van der Waals surface area (Å²) in [5, 5.41) is 3.45. The zero-order chi connectivity index (χ0) is 14.1. The lowest BCUT2D eigenvalue weighted by molar-refractivity contribution is -0.145. The van der Waals surface area contributed by atoms with E-state index in [2.05, 4.69) is 5.32 Å². The van der Waals surface area contributed by atoms with Gasteiger partial charge in [-0.3, -0.25) is 9.59 Å². The second kappa shape index (κ2) is 5.25.